The van der Waals surface area contributed by atoms with E-state index in [-0.39, 0.29) is 5.91 Å². The second kappa shape index (κ2) is 3.62. The molecule has 1 aromatic rings. The molecule has 2 heterocycles. The molecule has 72 valence electrons. The van der Waals surface area contributed by atoms with Crippen LogP contribution in [0.3, 0.4) is 0 Å². The molecular weight excluding hydrogens is 202 g/mol. The summed E-state index contributed by atoms with van der Waals surface area (Å²) in [5, 5.41) is 13.8. The molecule has 0 fully saturated rings. The fourth-order valence-corrected chi connectivity index (χ4v) is 1.42. The SMILES string of the molecule is CC1=NNC(=O)C1N=Nc1nccs1. The first-order valence-corrected chi connectivity index (χ1v) is 4.80. The number of hydrogen-bond donors (Lipinski definition) is 1. The lowest BCUT2D eigenvalue weighted by Gasteiger charge is -1.96. The van der Waals surface area contributed by atoms with Crippen LogP contribution in [-0.4, -0.2) is 22.6 Å². The minimum Gasteiger partial charge on any atom is -0.270 e. The maximum absolute atomic E-state index is 11.1. The molecule has 0 saturated heterocycles. The molecule has 1 aliphatic heterocycles. The van der Waals surface area contributed by atoms with Gasteiger partial charge in [0.25, 0.3) is 5.91 Å². The summed E-state index contributed by atoms with van der Waals surface area (Å²) in [7, 11) is 0. The van der Waals surface area contributed by atoms with Crippen molar-refractivity contribution >= 4 is 28.1 Å². The molecule has 0 bridgehead atoms. The number of nitrogens with zero attached hydrogens (tertiary/aromatic N) is 4. The quantitative estimate of drug-likeness (QED) is 0.740. The molecule has 14 heavy (non-hydrogen) atoms. The normalized spacial score (nSPS) is 21.4. The summed E-state index contributed by atoms with van der Waals surface area (Å²) in [6.45, 7) is 1.73. The third-order valence-corrected chi connectivity index (χ3v) is 2.32. The van der Waals surface area contributed by atoms with Gasteiger partial charge in [-0.25, -0.2) is 10.4 Å². The van der Waals surface area contributed by atoms with Crippen LogP contribution in [-0.2, 0) is 4.79 Å². The van der Waals surface area contributed by atoms with Crippen molar-refractivity contribution in [2.45, 2.75) is 13.0 Å². The number of aromatic nitrogens is 1. The Balaban J connectivity index is 2.11. The summed E-state index contributed by atoms with van der Waals surface area (Å²) in [5.41, 5.74) is 2.95. The van der Waals surface area contributed by atoms with Crippen LogP contribution < -0.4 is 5.43 Å². The van der Waals surface area contributed by atoms with E-state index in [0.717, 1.165) is 0 Å². The van der Waals surface area contributed by atoms with Crippen LogP contribution in [0.25, 0.3) is 0 Å². The Morgan fingerprint density at radius 3 is 3.07 bits per heavy atom. The number of thiazole rings is 1. The van der Waals surface area contributed by atoms with Crippen molar-refractivity contribution in [3.8, 4) is 0 Å². The molecule has 1 aromatic heterocycles. The van der Waals surface area contributed by atoms with Crippen molar-refractivity contribution in [1.82, 2.24) is 10.4 Å². The van der Waals surface area contributed by atoms with Gasteiger partial charge >= 0.3 is 0 Å². The number of hydrazone groups is 1. The van der Waals surface area contributed by atoms with Gasteiger partial charge in [0.1, 0.15) is 0 Å². The van der Waals surface area contributed by atoms with E-state index in [4.69, 9.17) is 0 Å². The topological polar surface area (TPSA) is 79.1 Å². The maximum Gasteiger partial charge on any atom is 0.272 e. The number of amides is 1. The van der Waals surface area contributed by atoms with E-state index in [1.807, 2.05) is 0 Å². The smallest absolute Gasteiger partial charge is 0.270 e. The Kier molecular flexibility index (Phi) is 2.32. The Bertz CT molecular complexity index is 396. The molecule has 0 saturated carbocycles. The van der Waals surface area contributed by atoms with E-state index in [0.29, 0.717) is 10.8 Å². The first-order valence-electron chi connectivity index (χ1n) is 3.92. The van der Waals surface area contributed by atoms with E-state index in [1.54, 1.807) is 18.5 Å². The van der Waals surface area contributed by atoms with E-state index < -0.39 is 6.04 Å². The van der Waals surface area contributed by atoms with Crippen molar-refractivity contribution in [2.24, 2.45) is 15.3 Å². The van der Waals surface area contributed by atoms with Crippen molar-refractivity contribution in [3.63, 3.8) is 0 Å². The predicted molar refractivity (Wildman–Crippen MR) is 51.7 cm³/mol. The van der Waals surface area contributed by atoms with Crippen LogP contribution in [0.2, 0.25) is 0 Å². The third-order valence-electron chi connectivity index (χ3n) is 1.66. The minimum atomic E-state index is -0.598. The van der Waals surface area contributed by atoms with E-state index in [2.05, 4.69) is 25.7 Å². The average molecular weight is 209 g/mol. The highest BCUT2D eigenvalue weighted by atomic mass is 32.1. The molecular formula is C7H7N5OS. The van der Waals surface area contributed by atoms with Gasteiger partial charge in [0.15, 0.2) is 6.04 Å². The van der Waals surface area contributed by atoms with Gasteiger partial charge in [-0.05, 0) is 6.92 Å². The molecule has 1 unspecified atom stereocenters. The standard InChI is InChI=1S/C7H7N5OS/c1-4-5(6(13)11-9-4)10-12-7-8-2-3-14-7/h2-3,5H,1H3,(H,11,13). The van der Waals surface area contributed by atoms with E-state index >= 15 is 0 Å². The summed E-state index contributed by atoms with van der Waals surface area (Å²) in [5.74, 6) is -0.247. The van der Waals surface area contributed by atoms with Crippen molar-refractivity contribution in [1.29, 1.82) is 0 Å². The zero-order valence-corrected chi connectivity index (χ0v) is 8.15. The van der Waals surface area contributed by atoms with Gasteiger partial charge < -0.3 is 0 Å². The van der Waals surface area contributed by atoms with Gasteiger partial charge in [-0.2, -0.15) is 10.2 Å². The second-order valence-electron chi connectivity index (χ2n) is 2.66. The molecule has 0 spiro atoms. The fraction of sp³-hybridized carbons (Fsp3) is 0.286. The fourth-order valence-electron chi connectivity index (χ4n) is 0.964. The summed E-state index contributed by atoms with van der Waals surface area (Å²) < 4.78 is 0. The van der Waals surface area contributed by atoms with Gasteiger partial charge in [0.2, 0.25) is 5.13 Å². The van der Waals surface area contributed by atoms with Gasteiger partial charge in [-0.1, -0.05) is 0 Å². The molecule has 0 aromatic carbocycles. The van der Waals surface area contributed by atoms with Crippen LogP contribution in [0.4, 0.5) is 5.13 Å². The number of rotatable bonds is 2. The highest BCUT2D eigenvalue weighted by Crippen LogP contribution is 2.16. The predicted octanol–water partition coefficient (Wildman–Crippen LogP) is 1.10. The van der Waals surface area contributed by atoms with Crippen molar-refractivity contribution in [2.75, 3.05) is 0 Å². The number of carbonyl (C=O) groups is 1. The van der Waals surface area contributed by atoms with Crippen LogP contribution in [0.5, 0.6) is 0 Å². The number of azo groups is 1. The summed E-state index contributed by atoms with van der Waals surface area (Å²) in [6, 6.07) is -0.598. The zero-order valence-electron chi connectivity index (χ0n) is 7.34. The van der Waals surface area contributed by atoms with Crippen LogP contribution in [0, 0.1) is 0 Å². The molecule has 1 N–H and O–H groups in total. The molecule has 1 atom stereocenters. The molecule has 0 aliphatic carbocycles. The van der Waals surface area contributed by atoms with Gasteiger partial charge in [-0.15, -0.1) is 16.5 Å². The first-order chi connectivity index (χ1) is 6.77. The van der Waals surface area contributed by atoms with Crippen LogP contribution >= 0.6 is 11.3 Å². The Hall–Kier alpha value is -1.63. The molecule has 1 aliphatic rings. The van der Waals surface area contributed by atoms with Gasteiger partial charge in [-0.3, -0.25) is 4.79 Å². The van der Waals surface area contributed by atoms with Crippen LogP contribution in [0.1, 0.15) is 6.92 Å². The van der Waals surface area contributed by atoms with Crippen molar-refractivity contribution < 1.29 is 4.79 Å². The summed E-state index contributed by atoms with van der Waals surface area (Å²) in [4.78, 5) is 15.1. The van der Waals surface area contributed by atoms with Crippen LogP contribution in [0.15, 0.2) is 26.9 Å². The van der Waals surface area contributed by atoms with Gasteiger partial charge in [0.05, 0.1) is 5.71 Å². The Morgan fingerprint density at radius 2 is 2.50 bits per heavy atom. The van der Waals surface area contributed by atoms with Gasteiger partial charge in [0, 0.05) is 11.6 Å². The highest BCUT2D eigenvalue weighted by molar-refractivity contribution is 7.13. The first kappa shape index (κ1) is 8.95. The second-order valence-corrected chi connectivity index (χ2v) is 3.53. The lowest BCUT2D eigenvalue weighted by atomic mass is 10.2. The average Bonchev–Trinajstić information content (AvgIpc) is 2.76. The highest BCUT2D eigenvalue weighted by Gasteiger charge is 2.26. The van der Waals surface area contributed by atoms with E-state index in [1.165, 1.54) is 11.3 Å². The number of nitrogens with one attached hydrogen (secondary N) is 1. The molecule has 0 radical (unpaired) electrons. The maximum atomic E-state index is 11.1. The zero-order chi connectivity index (χ0) is 9.97. The monoisotopic (exact) mass is 209 g/mol. The molecule has 1 amide bonds. The largest absolute Gasteiger partial charge is 0.272 e. The number of carbonyl (C=O) groups excluding carboxylic acids is 1. The minimum absolute atomic E-state index is 0.247. The van der Waals surface area contributed by atoms with Crippen molar-refractivity contribution in [3.05, 3.63) is 11.6 Å². The molecule has 2 rings (SSSR count). The summed E-state index contributed by atoms with van der Waals surface area (Å²) in [6.07, 6.45) is 1.63. The lowest BCUT2D eigenvalue weighted by molar-refractivity contribution is -0.120. The summed E-state index contributed by atoms with van der Waals surface area (Å²) >= 11 is 1.37. The Labute approximate surface area is 83.8 Å². The lowest BCUT2D eigenvalue weighted by Crippen LogP contribution is -2.25. The third kappa shape index (κ3) is 1.67. The van der Waals surface area contributed by atoms with E-state index in [9.17, 15) is 4.79 Å². The number of hydrogen-bond acceptors (Lipinski definition) is 6. The Morgan fingerprint density at radius 1 is 1.64 bits per heavy atom. The molecule has 7 heteroatoms. The molecule has 6 nitrogen and oxygen atoms in total.